The predicted octanol–water partition coefficient (Wildman–Crippen LogP) is 1.93. The maximum atomic E-state index is 12.6. The summed E-state index contributed by atoms with van der Waals surface area (Å²) >= 11 is 0. The topological polar surface area (TPSA) is 75.4 Å². The fourth-order valence-electron chi connectivity index (χ4n) is 2.07. The molecule has 0 saturated carbocycles. The Bertz CT molecular complexity index is 622. The fourth-order valence-corrected chi connectivity index (χ4v) is 2.07. The number of carboxylic acids is 1. The van der Waals surface area contributed by atoms with Gasteiger partial charge < -0.3 is 10.0 Å². The van der Waals surface area contributed by atoms with Crippen LogP contribution in [0, 0.1) is 0 Å². The highest BCUT2D eigenvalue weighted by atomic mass is 16.4. The lowest BCUT2D eigenvalue weighted by Crippen LogP contribution is -2.33. The third-order valence-electron chi connectivity index (χ3n) is 3.13. The zero-order valence-electron chi connectivity index (χ0n) is 11.8. The van der Waals surface area contributed by atoms with Crippen LogP contribution in [0.25, 0.3) is 0 Å². The van der Waals surface area contributed by atoms with Gasteiger partial charge in [0.1, 0.15) is 5.69 Å². The molecule has 1 amide bonds. The third kappa shape index (κ3) is 3.68. The molecule has 6 nitrogen and oxygen atoms in total. The van der Waals surface area contributed by atoms with Gasteiger partial charge in [-0.3, -0.25) is 14.3 Å². The van der Waals surface area contributed by atoms with Gasteiger partial charge in [-0.15, -0.1) is 0 Å². The van der Waals surface area contributed by atoms with Gasteiger partial charge >= 0.3 is 5.97 Å². The van der Waals surface area contributed by atoms with Crippen LogP contribution in [0.5, 0.6) is 0 Å². The molecule has 6 heteroatoms. The van der Waals surface area contributed by atoms with E-state index in [9.17, 15) is 9.59 Å². The van der Waals surface area contributed by atoms with E-state index in [2.05, 4.69) is 5.10 Å². The van der Waals surface area contributed by atoms with Crippen molar-refractivity contribution in [3.05, 3.63) is 48.3 Å². The number of aliphatic carboxylic acids is 1. The second-order valence-corrected chi connectivity index (χ2v) is 4.63. The molecular formula is C15H17N3O3. The monoisotopic (exact) mass is 287 g/mol. The van der Waals surface area contributed by atoms with Crippen LogP contribution in [-0.2, 0) is 11.8 Å². The summed E-state index contributed by atoms with van der Waals surface area (Å²) in [6.45, 7) is 0.348. The van der Waals surface area contributed by atoms with E-state index in [1.54, 1.807) is 24.2 Å². The van der Waals surface area contributed by atoms with Crippen LogP contribution < -0.4 is 4.90 Å². The van der Waals surface area contributed by atoms with Gasteiger partial charge in [-0.25, -0.2) is 0 Å². The largest absolute Gasteiger partial charge is 0.481 e. The average Bonchev–Trinajstić information content (AvgIpc) is 2.90. The minimum atomic E-state index is -0.865. The number of nitrogens with zero attached hydrogens (tertiary/aromatic N) is 3. The van der Waals surface area contributed by atoms with Crippen LogP contribution in [0.1, 0.15) is 23.3 Å². The standard InChI is InChI=1S/C15H17N3O3/c1-17-13(9-10-16-17)15(21)18(11-5-8-14(19)20)12-6-3-2-4-7-12/h2-4,6-7,9-10H,5,8,11H2,1H3,(H,19,20). The molecule has 0 aliphatic rings. The van der Waals surface area contributed by atoms with Crippen molar-refractivity contribution < 1.29 is 14.7 Å². The number of carbonyl (C=O) groups is 2. The van der Waals surface area contributed by atoms with Gasteiger partial charge in [0.05, 0.1) is 0 Å². The van der Waals surface area contributed by atoms with E-state index in [0.29, 0.717) is 18.7 Å². The van der Waals surface area contributed by atoms with Crippen LogP contribution >= 0.6 is 0 Å². The fraction of sp³-hybridized carbons (Fsp3) is 0.267. The highest BCUT2D eigenvalue weighted by molar-refractivity contribution is 6.04. The van der Waals surface area contributed by atoms with Crippen molar-refractivity contribution in [3.8, 4) is 0 Å². The lowest BCUT2D eigenvalue weighted by Gasteiger charge is -2.22. The number of carbonyl (C=O) groups excluding carboxylic acids is 1. The Morgan fingerprint density at radius 3 is 2.52 bits per heavy atom. The van der Waals surface area contributed by atoms with E-state index in [-0.39, 0.29) is 12.3 Å². The quantitative estimate of drug-likeness (QED) is 0.881. The maximum Gasteiger partial charge on any atom is 0.303 e. The van der Waals surface area contributed by atoms with E-state index >= 15 is 0 Å². The molecule has 1 heterocycles. The highest BCUT2D eigenvalue weighted by Crippen LogP contribution is 2.17. The number of aromatic nitrogens is 2. The molecule has 0 unspecified atom stereocenters. The summed E-state index contributed by atoms with van der Waals surface area (Å²) in [6.07, 6.45) is 1.99. The summed E-state index contributed by atoms with van der Waals surface area (Å²) in [7, 11) is 1.70. The first-order valence-corrected chi connectivity index (χ1v) is 6.66. The second kappa shape index (κ2) is 6.69. The molecule has 21 heavy (non-hydrogen) atoms. The number of amides is 1. The Labute approximate surface area is 122 Å². The van der Waals surface area contributed by atoms with E-state index in [4.69, 9.17) is 5.11 Å². The predicted molar refractivity (Wildman–Crippen MR) is 78.2 cm³/mol. The van der Waals surface area contributed by atoms with Crippen molar-refractivity contribution in [1.82, 2.24) is 9.78 Å². The van der Waals surface area contributed by atoms with Crippen molar-refractivity contribution in [2.24, 2.45) is 7.05 Å². The molecule has 0 aliphatic carbocycles. The number of para-hydroxylation sites is 1. The lowest BCUT2D eigenvalue weighted by atomic mass is 10.2. The van der Waals surface area contributed by atoms with Gasteiger partial charge in [0.2, 0.25) is 0 Å². The Morgan fingerprint density at radius 2 is 1.95 bits per heavy atom. The Kier molecular flexibility index (Phi) is 4.71. The van der Waals surface area contributed by atoms with Crippen molar-refractivity contribution in [1.29, 1.82) is 0 Å². The molecule has 0 aliphatic heterocycles. The average molecular weight is 287 g/mol. The number of carboxylic acid groups (broad SMARTS) is 1. The van der Waals surface area contributed by atoms with Gasteiger partial charge in [-0.1, -0.05) is 18.2 Å². The zero-order valence-corrected chi connectivity index (χ0v) is 11.8. The molecule has 1 N–H and O–H groups in total. The minimum absolute atomic E-state index is 0.0298. The first-order valence-electron chi connectivity index (χ1n) is 6.66. The van der Waals surface area contributed by atoms with Crippen molar-refractivity contribution >= 4 is 17.6 Å². The summed E-state index contributed by atoms with van der Waals surface area (Å²) in [5.41, 5.74) is 1.21. The van der Waals surface area contributed by atoms with E-state index in [0.717, 1.165) is 5.69 Å². The molecule has 0 spiro atoms. The summed E-state index contributed by atoms with van der Waals surface area (Å²) in [4.78, 5) is 24.9. The molecule has 1 aromatic carbocycles. The number of anilines is 1. The third-order valence-corrected chi connectivity index (χ3v) is 3.13. The van der Waals surface area contributed by atoms with Gasteiger partial charge in [-0.2, -0.15) is 5.10 Å². The number of rotatable bonds is 6. The molecule has 2 rings (SSSR count). The van der Waals surface area contributed by atoms with Gasteiger partial charge in [-0.05, 0) is 24.6 Å². The van der Waals surface area contributed by atoms with Crippen molar-refractivity contribution in [3.63, 3.8) is 0 Å². The Hall–Kier alpha value is -2.63. The molecular weight excluding hydrogens is 270 g/mol. The van der Waals surface area contributed by atoms with E-state index in [1.807, 2.05) is 30.3 Å². The van der Waals surface area contributed by atoms with Crippen LogP contribution in [-0.4, -0.2) is 33.3 Å². The SMILES string of the molecule is Cn1nccc1C(=O)N(CCCC(=O)O)c1ccccc1. The molecule has 0 fully saturated rings. The smallest absolute Gasteiger partial charge is 0.303 e. The normalized spacial score (nSPS) is 10.3. The molecule has 2 aromatic rings. The van der Waals surface area contributed by atoms with E-state index in [1.165, 1.54) is 4.68 Å². The lowest BCUT2D eigenvalue weighted by molar-refractivity contribution is -0.137. The Morgan fingerprint density at radius 1 is 1.24 bits per heavy atom. The zero-order chi connectivity index (χ0) is 15.2. The molecule has 1 aromatic heterocycles. The van der Waals surface area contributed by atoms with Crippen molar-refractivity contribution in [2.45, 2.75) is 12.8 Å². The maximum absolute atomic E-state index is 12.6. The van der Waals surface area contributed by atoms with Gasteiger partial charge in [0.15, 0.2) is 0 Å². The number of hydrogen-bond acceptors (Lipinski definition) is 3. The second-order valence-electron chi connectivity index (χ2n) is 4.63. The number of hydrogen-bond donors (Lipinski definition) is 1. The molecule has 0 atom stereocenters. The number of aryl methyl sites for hydroxylation is 1. The molecule has 0 radical (unpaired) electrons. The minimum Gasteiger partial charge on any atom is -0.481 e. The first kappa shape index (κ1) is 14.8. The van der Waals surface area contributed by atoms with Crippen LogP contribution in [0.3, 0.4) is 0 Å². The summed E-state index contributed by atoms with van der Waals surface area (Å²) in [5.74, 6) is -1.05. The summed E-state index contributed by atoms with van der Waals surface area (Å²) in [5, 5.41) is 12.7. The van der Waals surface area contributed by atoms with Crippen LogP contribution in [0.4, 0.5) is 5.69 Å². The molecule has 0 bridgehead atoms. The van der Waals surface area contributed by atoms with Crippen molar-refractivity contribution in [2.75, 3.05) is 11.4 Å². The highest BCUT2D eigenvalue weighted by Gasteiger charge is 2.20. The molecule has 110 valence electrons. The molecule has 0 saturated heterocycles. The van der Waals surface area contributed by atoms with Crippen LogP contribution in [0.15, 0.2) is 42.6 Å². The summed E-state index contributed by atoms with van der Waals surface area (Å²) in [6, 6.07) is 10.9. The van der Waals surface area contributed by atoms with Crippen LogP contribution in [0.2, 0.25) is 0 Å². The first-order chi connectivity index (χ1) is 10.1. The number of benzene rings is 1. The van der Waals surface area contributed by atoms with E-state index < -0.39 is 5.97 Å². The summed E-state index contributed by atoms with van der Waals surface area (Å²) < 4.78 is 1.51. The van der Waals surface area contributed by atoms with Gasteiger partial charge in [0.25, 0.3) is 5.91 Å². The Balaban J connectivity index is 2.21. The van der Waals surface area contributed by atoms with Gasteiger partial charge in [0, 0.05) is 31.9 Å².